The summed E-state index contributed by atoms with van der Waals surface area (Å²) in [5.41, 5.74) is 0. The molecule has 3 nitrogen and oxygen atoms in total. The van der Waals surface area contributed by atoms with Crippen molar-refractivity contribution in [3.05, 3.63) is 30.1 Å². The average Bonchev–Trinajstić information content (AvgIpc) is 2.45. The second-order valence-corrected chi connectivity index (χ2v) is 6.00. The number of benzene rings is 1. The Bertz CT molecular complexity index is 397. The highest BCUT2D eigenvalue weighted by molar-refractivity contribution is 7.99. The molecule has 1 aromatic carbocycles. The first-order valence-electron chi connectivity index (χ1n) is 6.87. The summed E-state index contributed by atoms with van der Waals surface area (Å²) in [4.78, 5) is 12.5. The van der Waals surface area contributed by atoms with Crippen LogP contribution in [0, 0.1) is 11.7 Å². The molecule has 1 atom stereocenters. The minimum absolute atomic E-state index is 0.0382. The van der Waals surface area contributed by atoms with Gasteiger partial charge in [0.25, 0.3) is 0 Å². The number of nitrogens with one attached hydrogen (secondary N) is 1. The van der Waals surface area contributed by atoms with Crippen LogP contribution in [0.2, 0.25) is 0 Å². The van der Waals surface area contributed by atoms with Gasteiger partial charge in [0.05, 0.1) is 0 Å². The molecule has 1 aromatic rings. The van der Waals surface area contributed by atoms with Gasteiger partial charge in [0.15, 0.2) is 0 Å². The minimum atomic E-state index is -0.246. The Labute approximate surface area is 124 Å². The number of aliphatic hydroxyl groups is 1. The summed E-state index contributed by atoms with van der Waals surface area (Å²) in [5.74, 6) is 0.770. The van der Waals surface area contributed by atoms with E-state index in [4.69, 9.17) is 5.11 Å². The number of rotatable bonds is 9. The topological polar surface area (TPSA) is 49.3 Å². The van der Waals surface area contributed by atoms with Crippen LogP contribution in [0.5, 0.6) is 0 Å². The number of halogens is 1. The van der Waals surface area contributed by atoms with E-state index in [9.17, 15) is 9.18 Å². The fourth-order valence-electron chi connectivity index (χ4n) is 1.65. The largest absolute Gasteiger partial charge is 0.396 e. The zero-order valence-corrected chi connectivity index (χ0v) is 12.6. The zero-order chi connectivity index (χ0) is 14.8. The molecule has 112 valence electrons. The summed E-state index contributed by atoms with van der Waals surface area (Å²) in [6, 6.07) is 6.28. The Morgan fingerprint density at radius 3 is 2.75 bits per heavy atom. The van der Waals surface area contributed by atoms with Gasteiger partial charge < -0.3 is 10.4 Å². The van der Waals surface area contributed by atoms with Crippen LogP contribution in [-0.2, 0) is 4.79 Å². The summed E-state index contributed by atoms with van der Waals surface area (Å²) >= 11 is 1.54. The summed E-state index contributed by atoms with van der Waals surface area (Å²) in [6.07, 6.45) is 2.26. The van der Waals surface area contributed by atoms with Crippen LogP contribution in [-0.4, -0.2) is 29.9 Å². The molecular formula is C15H22FNO2S. The van der Waals surface area contributed by atoms with Crippen molar-refractivity contribution in [2.24, 2.45) is 5.92 Å². The predicted octanol–water partition coefficient (Wildman–Crippen LogP) is 2.83. The van der Waals surface area contributed by atoms with Crippen LogP contribution in [0.1, 0.15) is 26.2 Å². The number of hydrogen-bond acceptors (Lipinski definition) is 3. The monoisotopic (exact) mass is 299 g/mol. The van der Waals surface area contributed by atoms with Crippen molar-refractivity contribution in [3.8, 4) is 0 Å². The molecule has 0 spiro atoms. The molecule has 0 radical (unpaired) electrons. The number of carbonyl (C=O) groups excluding carboxylic acids is 1. The van der Waals surface area contributed by atoms with Crippen LogP contribution < -0.4 is 5.32 Å². The summed E-state index contributed by atoms with van der Waals surface area (Å²) in [5, 5.41) is 11.7. The molecule has 1 amide bonds. The summed E-state index contributed by atoms with van der Waals surface area (Å²) in [6.45, 7) is 2.84. The zero-order valence-electron chi connectivity index (χ0n) is 11.8. The number of amides is 1. The SMILES string of the molecule is CC(CO)CCCNC(=O)CCSc1ccc(F)cc1. The van der Waals surface area contributed by atoms with E-state index in [1.807, 2.05) is 6.92 Å². The quantitative estimate of drug-likeness (QED) is 0.544. The maximum absolute atomic E-state index is 12.7. The van der Waals surface area contributed by atoms with Crippen LogP contribution in [0.3, 0.4) is 0 Å². The summed E-state index contributed by atoms with van der Waals surface area (Å²) in [7, 11) is 0. The average molecular weight is 299 g/mol. The molecule has 5 heteroatoms. The Kier molecular flexibility index (Phi) is 8.30. The second kappa shape index (κ2) is 9.77. The van der Waals surface area contributed by atoms with Gasteiger partial charge in [-0.25, -0.2) is 4.39 Å². The third-order valence-electron chi connectivity index (χ3n) is 2.92. The van der Waals surface area contributed by atoms with Crippen LogP contribution in [0.4, 0.5) is 4.39 Å². The van der Waals surface area contributed by atoms with Crippen molar-refractivity contribution < 1.29 is 14.3 Å². The molecule has 0 aliphatic rings. The Morgan fingerprint density at radius 2 is 2.10 bits per heavy atom. The lowest BCUT2D eigenvalue weighted by molar-refractivity contribution is -0.120. The van der Waals surface area contributed by atoms with Gasteiger partial charge in [-0.2, -0.15) is 0 Å². The molecule has 0 fully saturated rings. The highest BCUT2D eigenvalue weighted by Crippen LogP contribution is 2.18. The first kappa shape index (κ1) is 17.0. The van der Waals surface area contributed by atoms with E-state index in [-0.39, 0.29) is 18.3 Å². The number of hydrogen-bond donors (Lipinski definition) is 2. The molecule has 0 aliphatic carbocycles. The van der Waals surface area contributed by atoms with Crippen LogP contribution in [0.15, 0.2) is 29.2 Å². The Balaban J connectivity index is 2.07. The normalized spacial score (nSPS) is 12.2. The molecular weight excluding hydrogens is 277 g/mol. The number of aliphatic hydroxyl groups excluding tert-OH is 1. The Hall–Kier alpha value is -1.07. The molecule has 0 heterocycles. The lowest BCUT2D eigenvalue weighted by Gasteiger charge is -2.08. The van der Waals surface area contributed by atoms with Gasteiger partial charge in [0.2, 0.25) is 5.91 Å². The van der Waals surface area contributed by atoms with Gasteiger partial charge in [-0.3, -0.25) is 4.79 Å². The van der Waals surface area contributed by atoms with Gasteiger partial charge in [0, 0.05) is 30.2 Å². The number of carbonyl (C=O) groups is 1. The van der Waals surface area contributed by atoms with E-state index >= 15 is 0 Å². The fourth-order valence-corrected chi connectivity index (χ4v) is 2.50. The third kappa shape index (κ3) is 7.50. The van der Waals surface area contributed by atoms with E-state index in [0.29, 0.717) is 24.6 Å². The predicted molar refractivity (Wildman–Crippen MR) is 80.2 cm³/mol. The lowest BCUT2D eigenvalue weighted by Crippen LogP contribution is -2.25. The van der Waals surface area contributed by atoms with Crippen molar-refractivity contribution in [1.82, 2.24) is 5.32 Å². The van der Waals surface area contributed by atoms with E-state index in [2.05, 4.69) is 5.32 Å². The van der Waals surface area contributed by atoms with E-state index in [1.54, 1.807) is 23.9 Å². The number of thioether (sulfide) groups is 1. The molecule has 1 rings (SSSR count). The standard InChI is InChI=1S/C15H22FNO2S/c1-12(11-18)3-2-9-17-15(19)8-10-20-14-6-4-13(16)5-7-14/h4-7,12,18H,2-3,8-11H2,1H3,(H,17,19). The van der Waals surface area contributed by atoms with E-state index in [0.717, 1.165) is 17.7 Å². The van der Waals surface area contributed by atoms with Gasteiger partial charge in [-0.15, -0.1) is 11.8 Å². The molecule has 2 N–H and O–H groups in total. The molecule has 0 saturated heterocycles. The molecule has 20 heavy (non-hydrogen) atoms. The lowest BCUT2D eigenvalue weighted by atomic mass is 10.1. The fraction of sp³-hybridized carbons (Fsp3) is 0.533. The highest BCUT2D eigenvalue weighted by Gasteiger charge is 2.03. The smallest absolute Gasteiger partial charge is 0.220 e. The van der Waals surface area contributed by atoms with E-state index in [1.165, 1.54) is 12.1 Å². The van der Waals surface area contributed by atoms with E-state index < -0.39 is 0 Å². The molecule has 1 unspecified atom stereocenters. The molecule has 0 bridgehead atoms. The maximum Gasteiger partial charge on any atom is 0.220 e. The Morgan fingerprint density at radius 1 is 1.40 bits per heavy atom. The van der Waals surface area contributed by atoms with Crippen LogP contribution >= 0.6 is 11.8 Å². The van der Waals surface area contributed by atoms with Gasteiger partial charge >= 0.3 is 0 Å². The maximum atomic E-state index is 12.7. The van der Waals surface area contributed by atoms with Crippen LogP contribution in [0.25, 0.3) is 0 Å². The van der Waals surface area contributed by atoms with Gasteiger partial charge in [-0.05, 0) is 43.0 Å². The molecule has 0 aliphatic heterocycles. The highest BCUT2D eigenvalue weighted by atomic mass is 32.2. The van der Waals surface area contributed by atoms with Crippen molar-refractivity contribution >= 4 is 17.7 Å². The third-order valence-corrected chi connectivity index (χ3v) is 3.93. The van der Waals surface area contributed by atoms with Crippen molar-refractivity contribution in [2.75, 3.05) is 18.9 Å². The molecule has 0 aromatic heterocycles. The van der Waals surface area contributed by atoms with Crippen molar-refractivity contribution in [1.29, 1.82) is 0 Å². The van der Waals surface area contributed by atoms with Gasteiger partial charge in [0.1, 0.15) is 5.82 Å². The minimum Gasteiger partial charge on any atom is -0.396 e. The van der Waals surface area contributed by atoms with Crippen molar-refractivity contribution in [2.45, 2.75) is 31.1 Å². The molecule has 0 saturated carbocycles. The second-order valence-electron chi connectivity index (χ2n) is 4.83. The first-order chi connectivity index (χ1) is 9.61. The first-order valence-corrected chi connectivity index (χ1v) is 7.86. The summed E-state index contributed by atoms with van der Waals surface area (Å²) < 4.78 is 12.7. The van der Waals surface area contributed by atoms with Gasteiger partial charge in [-0.1, -0.05) is 6.92 Å². The van der Waals surface area contributed by atoms with Crippen molar-refractivity contribution in [3.63, 3.8) is 0 Å².